The molecule has 1 atom stereocenters. The summed E-state index contributed by atoms with van der Waals surface area (Å²) >= 11 is 5.56. The highest BCUT2D eigenvalue weighted by molar-refractivity contribution is 6.27. The van der Waals surface area contributed by atoms with E-state index in [4.69, 9.17) is 17.0 Å². The summed E-state index contributed by atoms with van der Waals surface area (Å²) in [5, 5.41) is 16.0. The van der Waals surface area contributed by atoms with Crippen molar-refractivity contribution in [3.8, 4) is 0 Å². The molecule has 0 aliphatic carbocycles. The molecule has 0 saturated carbocycles. The van der Waals surface area contributed by atoms with E-state index < -0.39 is 6.04 Å². The maximum atomic E-state index is 12.7. The smallest absolute Gasteiger partial charge is 0.251 e. The molecule has 0 aliphatic heterocycles. The molecule has 0 fully saturated rings. The van der Waals surface area contributed by atoms with E-state index in [9.17, 15) is 9.59 Å². The van der Waals surface area contributed by atoms with Crippen LogP contribution in [0.1, 0.15) is 23.2 Å². The van der Waals surface area contributed by atoms with Crippen molar-refractivity contribution in [3.05, 3.63) is 66.2 Å². The van der Waals surface area contributed by atoms with Gasteiger partial charge in [-0.05, 0) is 37.1 Å². The normalized spacial score (nSPS) is 11.3. The van der Waals surface area contributed by atoms with Gasteiger partial charge in [-0.1, -0.05) is 36.4 Å². The third kappa shape index (κ3) is 7.11. The number of halogens is 1. The Balaban J connectivity index is 1.99. The lowest BCUT2D eigenvalue weighted by Gasteiger charge is -2.19. The number of amides is 2. The quantitative estimate of drug-likeness (QED) is 0.231. The van der Waals surface area contributed by atoms with Gasteiger partial charge in [0.2, 0.25) is 5.91 Å². The Kier molecular flexibility index (Phi) is 8.32. The summed E-state index contributed by atoms with van der Waals surface area (Å²) in [6, 6.07) is 17.2. The third-order valence-electron chi connectivity index (χ3n) is 3.84. The Bertz CT molecular complexity index is 753. The monoisotopic (exact) mass is 386 g/mol. The van der Waals surface area contributed by atoms with Crippen LogP contribution in [0.2, 0.25) is 0 Å². The summed E-state index contributed by atoms with van der Waals surface area (Å²) in [5.74, 6) is -0.235. The maximum absolute atomic E-state index is 12.7. The standard InChI is InChI=1S/C20H23ClN4O2/c21-14-18(22)23-13-7-12-17(20(27)24-16-10-5-2-6-11-16)25-19(26)15-8-3-1-4-9-15/h1-6,8-11,17H,7,12-14H2,(H2,22,23)(H,24,27)(H,25,26)/t17-/m0/s1. The number of benzene rings is 2. The van der Waals surface area contributed by atoms with Crippen LogP contribution in [0.25, 0.3) is 0 Å². The van der Waals surface area contributed by atoms with Crippen molar-refractivity contribution in [1.29, 1.82) is 5.41 Å². The molecule has 142 valence electrons. The average molecular weight is 387 g/mol. The topological polar surface area (TPSA) is 94.1 Å². The van der Waals surface area contributed by atoms with E-state index in [-0.39, 0.29) is 23.5 Å². The molecule has 2 amide bonds. The van der Waals surface area contributed by atoms with Crippen molar-refractivity contribution in [2.45, 2.75) is 18.9 Å². The Morgan fingerprint density at radius 3 is 2.26 bits per heavy atom. The average Bonchev–Trinajstić information content (AvgIpc) is 2.71. The van der Waals surface area contributed by atoms with Crippen LogP contribution >= 0.6 is 11.6 Å². The summed E-state index contributed by atoms with van der Waals surface area (Å²) in [4.78, 5) is 25.1. The van der Waals surface area contributed by atoms with Crippen molar-refractivity contribution < 1.29 is 9.59 Å². The SMILES string of the molecule is N=C(CCl)NCCC[C@H](NC(=O)c1ccccc1)C(=O)Nc1ccccc1. The lowest BCUT2D eigenvalue weighted by Crippen LogP contribution is -2.44. The molecule has 0 aliphatic rings. The minimum absolute atomic E-state index is 0.114. The molecule has 0 heterocycles. The second-order valence-electron chi connectivity index (χ2n) is 5.93. The molecule has 0 saturated heterocycles. The number of nitrogens with one attached hydrogen (secondary N) is 4. The zero-order valence-corrected chi connectivity index (χ0v) is 15.6. The van der Waals surface area contributed by atoms with Crippen molar-refractivity contribution in [3.63, 3.8) is 0 Å². The fraction of sp³-hybridized carbons (Fsp3) is 0.250. The first-order valence-corrected chi connectivity index (χ1v) is 9.22. The number of amidine groups is 1. The summed E-state index contributed by atoms with van der Waals surface area (Å²) < 4.78 is 0. The molecule has 2 rings (SSSR count). The molecule has 2 aromatic rings. The fourth-order valence-corrected chi connectivity index (χ4v) is 2.54. The van der Waals surface area contributed by atoms with Gasteiger partial charge in [0.1, 0.15) is 11.9 Å². The maximum Gasteiger partial charge on any atom is 0.251 e. The summed E-state index contributed by atoms with van der Waals surface area (Å²) in [7, 11) is 0. The van der Waals surface area contributed by atoms with E-state index in [0.717, 1.165) is 0 Å². The zero-order chi connectivity index (χ0) is 19.5. The van der Waals surface area contributed by atoms with Crippen LogP contribution in [-0.4, -0.2) is 36.1 Å². The Hall–Kier alpha value is -2.86. The molecule has 0 radical (unpaired) electrons. The van der Waals surface area contributed by atoms with Crippen LogP contribution in [0.5, 0.6) is 0 Å². The lowest BCUT2D eigenvalue weighted by atomic mass is 10.1. The highest BCUT2D eigenvalue weighted by Crippen LogP contribution is 2.09. The van der Waals surface area contributed by atoms with E-state index >= 15 is 0 Å². The predicted octanol–water partition coefficient (Wildman–Crippen LogP) is 3.01. The van der Waals surface area contributed by atoms with Gasteiger partial charge >= 0.3 is 0 Å². The van der Waals surface area contributed by atoms with Crippen molar-refractivity contribution in [2.75, 3.05) is 17.7 Å². The Morgan fingerprint density at radius 2 is 1.63 bits per heavy atom. The molecule has 2 aromatic carbocycles. The van der Waals surface area contributed by atoms with Gasteiger partial charge in [-0.15, -0.1) is 11.6 Å². The van der Waals surface area contributed by atoms with E-state index in [1.807, 2.05) is 24.3 Å². The van der Waals surface area contributed by atoms with Crippen LogP contribution < -0.4 is 16.0 Å². The van der Waals surface area contributed by atoms with Crippen molar-refractivity contribution >= 4 is 34.9 Å². The number of alkyl halides is 1. The molecule has 0 spiro atoms. The van der Waals surface area contributed by atoms with Gasteiger partial charge in [0.05, 0.1) is 5.88 Å². The number of para-hydroxylation sites is 1. The number of anilines is 1. The first-order valence-electron chi connectivity index (χ1n) is 8.69. The van der Waals surface area contributed by atoms with Crippen LogP contribution in [0.4, 0.5) is 5.69 Å². The van der Waals surface area contributed by atoms with Crippen molar-refractivity contribution in [2.24, 2.45) is 0 Å². The number of hydrogen-bond acceptors (Lipinski definition) is 3. The number of carbonyl (C=O) groups excluding carboxylic acids is 2. The molecule has 0 unspecified atom stereocenters. The fourth-order valence-electron chi connectivity index (χ4n) is 2.44. The van der Waals surface area contributed by atoms with Crippen molar-refractivity contribution in [1.82, 2.24) is 10.6 Å². The predicted molar refractivity (Wildman–Crippen MR) is 108 cm³/mol. The molecule has 0 bridgehead atoms. The van der Waals surface area contributed by atoms with E-state index in [0.29, 0.717) is 30.6 Å². The number of hydrogen-bond donors (Lipinski definition) is 4. The van der Waals surface area contributed by atoms with Crippen LogP contribution in [0.15, 0.2) is 60.7 Å². The third-order valence-corrected chi connectivity index (χ3v) is 4.11. The summed E-state index contributed by atoms with van der Waals surface area (Å²) in [6.45, 7) is 0.502. The lowest BCUT2D eigenvalue weighted by molar-refractivity contribution is -0.118. The van der Waals surface area contributed by atoms with E-state index in [1.165, 1.54) is 0 Å². The molecular formula is C20H23ClN4O2. The number of rotatable bonds is 9. The molecule has 27 heavy (non-hydrogen) atoms. The zero-order valence-electron chi connectivity index (χ0n) is 14.9. The molecular weight excluding hydrogens is 364 g/mol. The van der Waals surface area contributed by atoms with Gasteiger partial charge in [0.25, 0.3) is 5.91 Å². The van der Waals surface area contributed by atoms with Crippen LogP contribution in [0.3, 0.4) is 0 Å². The first kappa shape index (κ1) is 20.5. The Labute approximate surface area is 163 Å². The van der Waals surface area contributed by atoms with E-state index in [2.05, 4.69) is 16.0 Å². The molecule has 0 aromatic heterocycles. The minimum Gasteiger partial charge on any atom is -0.373 e. The van der Waals surface area contributed by atoms with Crippen LogP contribution in [0, 0.1) is 5.41 Å². The largest absolute Gasteiger partial charge is 0.373 e. The highest BCUT2D eigenvalue weighted by Gasteiger charge is 2.21. The van der Waals surface area contributed by atoms with Gasteiger partial charge in [-0.25, -0.2) is 0 Å². The van der Waals surface area contributed by atoms with Gasteiger partial charge < -0.3 is 16.0 Å². The number of carbonyl (C=O) groups is 2. The molecule has 4 N–H and O–H groups in total. The second-order valence-corrected chi connectivity index (χ2v) is 6.20. The van der Waals surface area contributed by atoms with Gasteiger partial charge in [0, 0.05) is 17.8 Å². The summed E-state index contributed by atoms with van der Waals surface area (Å²) in [5.41, 5.74) is 1.17. The summed E-state index contributed by atoms with van der Waals surface area (Å²) in [6.07, 6.45) is 1.03. The molecule has 7 heteroatoms. The Morgan fingerprint density at radius 1 is 1.00 bits per heavy atom. The van der Waals surface area contributed by atoms with Gasteiger partial charge in [-0.2, -0.15) is 0 Å². The van der Waals surface area contributed by atoms with Crippen LogP contribution in [-0.2, 0) is 4.79 Å². The first-order chi connectivity index (χ1) is 13.1. The highest BCUT2D eigenvalue weighted by atomic mass is 35.5. The van der Waals surface area contributed by atoms with E-state index in [1.54, 1.807) is 36.4 Å². The van der Waals surface area contributed by atoms with Gasteiger partial charge in [0.15, 0.2) is 0 Å². The minimum atomic E-state index is -0.690. The molecule has 6 nitrogen and oxygen atoms in total. The second kappa shape index (κ2) is 11.0. The van der Waals surface area contributed by atoms with Gasteiger partial charge in [-0.3, -0.25) is 15.0 Å².